The number of nitrogens with zero attached hydrogens (tertiary/aromatic N) is 1. The van der Waals surface area contributed by atoms with E-state index in [4.69, 9.17) is 4.74 Å². The number of nitrogens with one attached hydrogen (secondary N) is 1. The number of pyridine rings is 1. The third kappa shape index (κ3) is 3.18. The maximum atomic E-state index is 6.43. The molecule has 3 rings (SSSR count). The third-order valence-electron chi connectivity index (χ3n) is 4.32. The van der Waals surface area contributed by atoms with Crippen molar-refractivity contribution in [3.8, 4) is 5.75 Å². The Kier molecular flexibility index (Phi) is 4.11. The van der Waals surface area contributed by atoms with Crippen molar-refractivity contribution in [3.63, 3.8) is 0 Å². The van der Waals surface area contributed by atoms with Crippen molar-refractivity contribution < 1.29 is 4.74 Å². The van der Waals surface area contributed by atoms with Crippen LogP contribution in [0.1, 0.15) is 39.5 Å². The molecule has 0 bridgehead atoms. The first kappa shape index (κ1) is 14.3. The summed E-state index contributed by atoms with van der Waals surface area (Å²) in [6.45, 7) is 5.38. The molecule has 0 unspecified atom stereocenters. The molecule has 3 nitrogen and oxygen atoms in total. The van der Waals surface area contributed by atoms with E-state index in [9.17, 15) is 0 Å². The normalized spacial score (nSPS) is 16.9. The third-order valence-corrected chi connectivity index (χ3v) is 4.32. The van der Waals surface area contributed by atoms with Gasteiger partial charge in [-0.15, -0.1) is 0 Å². The smallest absolute Gasteiger partial charge is 0.146 e. The van der Waals surface area contributed by atoms with Crippen LogP contribution < -0.4 is 10.1 Å². The van der Waals surface area contributed by atoms with E-state index in [0.29, 0.717) is 6.04 Å². The van der Waals surface area contributed by atoms with E-state index in [1.165, 1.54) is 6.42 Å². The lowest BCUT2D eigenvalue weighted by molar-refractivity contribution is -0.0134. The summed E-state index contributed by atoms with van der Waals surface area (Å²) in [5.41, 5.74) is 0.983. The van der Waals surface area contributed by atoms with E-state index in [-0.39, 0.29) is 5.60 Å². The molecule has 1 aliphatic carbocycles. The standard InChI is InChI=1S/C18H24N2O/c1-14(2)19-13-11-18(9-5-10-18)21-16-8-3-6-15-7-4-12-20-17(15)16/h3-4,6-8,12,14,19H,5,9-11,13H2,1-2H3. The van der Waals surface area contributed by atoms with Crippen LogP contribution in [0.3, 0.4) is 0 Å². The fraction of sp³-hybridized carbons (Fsp3) is 0.500. The Balaban J connectivity index is 1.76. The summed E-state index contributed by atoms with van der Waals surface area (Å²) in [7, 11) is 0. The Labute approximate surface area is 126 Å². The molecule has 2 aromatic rings. The predicted octanol–water partition coefficient (Wildman–Crippen LogP) is 3.92. The quantitative estimate of drug-likeness (QED) is 0.873. The van der Waals surface area contributed by atoms with Crippen LogP contribution in [0.15, 0.2) is 36.5 Å². The van der Waals surface area contributed by atoms with Crippen LogP contribution in [0.25, 0.3) is 10.9 Å². The lowest BCUT2D eigenvalue weighted by Crippen LogP contribution is -2.46. The molecule has 1 aromatic carbocycles. The van der Waals surface area contributed by atoms with Gasteiger partial charge in [-0.25, -0.2) is 0 Å². The van der Waals surface area contributed by atoms with Gasteiger partial charge in [-0.1, -0.05) is 32.0 Å². The summed E-state index contributed by atoms with van der Waals surface area (Å²) < 4.78 is 6.43. The summed E-state index contributed by atoms with van der Waals surface area (Å²) >= 11 is 0. The van der Waals surface area contributed by atoms with Crippen molar-refractivity contribution >= 4 is 10.9 Å². The number of fused-ring (bicyclic) bond motifs is 1. The van der Waals surface area contributed by atoms with Crippen molar-refractivity contribution in [2.75, 3.05) is 6.54 Å². The molecule has 1 aromatic heterocycles. The largest absolute Gasteiger partial charge is 0.485 e. The highest BCUT2D eigenvalue weighted by atomic mass is 16.5. The molecule has 1 fully saturated rings. The fourth-order valence-corrected chi connectivity index (χ4v) is 2.95. The summed E-state index contributed by atoms with van der Waals surface area (Å²) in [6.07, 6.45) is 6.46. The average molecular weight is 284 g/mol. The number of para-hydroxylation sites is 1. The highest BCUT2D eigenvalue weighted by Crippen LogP contribution is 2.40. The van der Waals surface area contributed by atoms with Crippen LogP contribution in [-0.4, -0.2) is 23.2 Å². The molecule has 1 N–H and O–H groups in total. The van der Waals surface area contributed by atoms with Gasteiger partial charge in [0.2, 0.25) is 0 Å². The second-order valence-corrected chi connectivity index (χ2v) is 6.33. The number of benzene rings is 1. The van der Waals surface area contributed by atoms with E-state index in [0.717, 1.165) is 42.5 Å². The van der Waals surface area contributed by atoms with Crippen molar-refractivity contribution in [1.82, 2.24) is 10.3 Å². The van der Waals surface area contributed by atoms with Gasteiger partial charge in [0.1, 0.15) is 16.9 Å². The number of ether oxygens (including phenoxy) is 1. The zero-order valence-corrected chi connectivity index (χ0v) is 12.9. The predicted molar refractivity (Wildman–Crippen MR) is 86.7 cm³/mol. The van der Waals surface area contributed by atoms with Gasteiger partial charge < -0.3 is 10.1 Å². The molecule has 21 heavy (non-hydrogen) atoms. The molecule has 0 saturated heterocycles. The van der Waals surface area contributed by atoms with E-state index in [1.54, 1.807) is 0 Å². The highest BCUT2D eigenvalue weighted by molar-refractivity contribution is 5.84. The molecule has 1 saturated carbocycles. The van der Waals surface area contributed by atoms with Crippen molar-refractivity contribution in [1.29, 1.82) is 0 Å². The molecule has 0 amide bonds. The van der Waals surface area contributed by atoms with Crippen molar-refractivity contribution in [2.24, 2.45) is 0 Å². The minimum absolute atomic E-state index is 0.00763. The summed E-state index contributed by atoms with van der Waals surface area (Å²) in [6, 6.07) is 10.8. The van der Waals surface area contributed by atoms with Gasteiger partial charge >= 0.3 is 0 Å². The van der Waals surface area contributed by atoms with Gasteiger partial charge in [0, 0.05) is 17.6 Å². The topological polar surface area (TPSA) is 34.1 Å². The Hall–Kier alpha value is -1.61. The maximum absolute atomic E-state index is 6.43. The maximum Gasteiger partial charge on any atom is 0.146 e. The lowest BCUT2D eigenvalue weighted by Gasteiger charge is -2.42. The van der Waals surface area contributed by atoms with Crippen LogP contribution >= 0.6 is 0 Å². The second-order valence-electron chi connectivity index (χ2n) is 6.33. The fourth-order valence-electron chi connectivity index (χ4n) is 2.95. The lowest BCUT2D eigenvalue weighted by atomic mass is 9.77. The number of hydrogen-bond acceptors (Lipinski definition) is 3. The zero-order valence-electron chi connectivity index (χ0n) is 12.9. The molecule has 0 atom stereocenters. The second kappa shape index (κ2) is 6.02. The van der Waals surface area contributed by atoms with Gasteiger partial charge in [-0.3, -0.25) is 4.98 Å². The minimum atomic E-state index is 0.00763. The minimum Gasteiger partial charge on any atom is -0.485 e. The molecule has 0 spiro atoms. The first-order chi connectivity index (χ1) is 10.2. The van der Waals surface area contributed by atoms with Crippen LogP contribution in [0, 0.1) is 0 Å². The summed E-state index contributed by atoms with van der Waals surface area (Å²) in [5, 5.41) is 4.64. The molecule has 3 heteroatoms. The Morgan fingerprint density at radius 3 is 2.76 bits per heavy atom. The van der Waals surface area contributed by atoms with Gasteiger partial charge in [0.25, 0.3) is 0 Å². The van der Waals surface area contributed by atoms with E-state index < -0.39 is 0 Å². The summed E-state index contributed by atoms with van der Waals surface area (Å²) in [5.74, 6) is 0.928. The number of aromatic nitrogens is 1. The van der Waals surface area contributed by atoms with E-state index >= 15 is 0 Å². The molecule has 0 aliphatic heterocycles. The first-order valence-corrected chi connectivity index (χ1v) is 7.95. The Morgan fingerprint density at radius 2 is 2.05 bits per heavy atom. The molecule has 1 aliphatic rings. The highest BCUT2D eigenvalue weighted by Gasteiger charge is 2.39. The number of hydrogen-bond donors (Lipinski definition) is 1. The molecule has 0 radical (unpaired) electrons. The average Bonchev–Trinajstić information content (AvgIpc) is 2.44. The van der Waals surface area contributed by atoms with E-state index in [1.807, 2.05) is 18.3 Å². The Morgan fingerprint density at radius 1 is 1.24 bits per heavy atom. The monoisotopic (exact) mass is 284 g/mol. The molecule has 1 heterocycles. The van der Waals surface area contributed by atoms with Crippen molar-refractivity contribution in [3.05, 3.63) is 36.5 Å². The van der Waals surface area contributed by atoms with E-state index in [2.05, 4.69) is 42.3 Å². The number of rotatable bonds is 6. The zero-order chi connectivity index (χ0) is 14.7. The molecular weight excluding hydrogens is 260 g/mol. The van der Waals surface area contributed by atoms with Crippen molar-refractivity contribution in [2.45, 2.75) is 51.2 Å². The van der Waals surface area contributed by atoms with Crippen LogP contribution in [-0.2, 0) is 0 Å². The molecule has 112 valence electrons. The first-order valence-electron chi connectivity index (χ1n) is 7.95. The van der Waals surface area contributed by atoms with Gasteiger partial charge in [0.05, 0.1) is 0 Å². The SMILES string of the molecule is CC(C)NCCC1(Oc2cccc3cccnc23)CCC1. The Bertz CT molecular complexity index is 600. The van der Waals surface area contributed by atoms with Gasteiger partial charge in [0.15, 0.2) is 0 Å². The van der Waals surface area contributed by atoms with Gasteiger partial charge in [-0.05, 0) is 44.4 Å². The van der Waals surface area contributed by atoms with Gasteiger partial charge in [-0.2, -0.15) is 0 Å². The molecular formula is C18H24N2O. The van der Waals surface area contributed by atoms with Crippen LogP contribution in [0.2, 0.25) is 0 Å². The van der Waals surface area contributed by atoms with Crippen LogP contribution in [0.5, 0.6) is 5.75 Å². The summed E-state index contributed by atoms with van der Waals surface area (Å²) in [4.78, 5) is 4.49. The van der Waals surface area contributed by atoms with Crippen LogP contribution in [0.4, 0.5) is 0 Å².